The summed E-state index contributed by atoms with van der Waals surface area (Å²) >= 11 is 0. The molecule has 7 heteroatoms. The van der Waals surface area contributed by atoms with Crippen LogP contribution in [0.3, 0.4) is 0 Å². The van der Waals surface area contributed by atoms with E-state index in [0.29, 0.717) is 5.69 Å². The van der Waals surface area contributed by atoms with Crippen molar-refractivity contribution in [1.29, 1.82) is 0 Å². The van der Waals surface area contributed by atoms with Crippen LogP contribution in [0.1, 0.15) is 35.8 Å². The normalized spacial score (nSPS) is 10.9. The molecule has 7 nitrogen and oxygen atoms in total. The summed E-state index contributed by atoms with van der Waals surface area (Å²) in [4.78, 5) is 36.4. The van der Waals surface area contributed by atoms with E-state index in [9.17, 15) is 19.5 Å². The topological polar surface area (TPSA) is 104 Å². The number of carbonyl (C=O) groups is 2. The smallest absolute Gasteiger partial charge is 0.275 e. The lowest BCUT2D eigenvalue weighted by Crippen LogP contribution is -2.34. The van der Waals surface area contributed by atoms with Crippen molar-refractivity contribution in [3.63, 3.8) is 0 Å². The summed E-state index contributed by atoms with van der Waals surface area (Å²) in [7, 11) is 0. The van der Waals surface area contributed by atoms with Gasteiger partial charge >= 0.3 is 0 Å². The predicted octanol–water partition coefficient (Wildman–Crippen LogP) is 1.52. The SMILES string of the molecule is CC(C)c1ccccc1NC(=O)Cn1nc(C(=O)[O-])c2ccccc2c1=O. The van der Waals surface area contributed by atoms with Gasteiger partial charge in [-0.15, -0.1) is 0 Å². The van der Waals surface area contributed by atoms with Gasteiger partial charge in [0.1, 0.15) is 12.2 Å². The molecule has 1 heterocycles. The van der Waals surface area contributed by atoms with Crippen LogP contribution in [0.5, 0.6) is 0 Å². The first kappa shape index (κ1) is 18.3. The van der Waals surface area contributed by atoms with Gasteiger partial charge in [-0.05, 0) is 23.6 Å². The zero-order chi connectivity index (χ0) is 19.6. The molecule has 0 aliphatic heterocycles. The third kappa shape index (κ3) is 3.72. The Bertz CT molecular complexity index is 1090. The highest BCUT2D eigenvalue weighted by molar-refractivity contribution is 6.00. The highest BCUT2D eigenvalue weighted by Crippen LogP contribution is 2.23. The summed E-state index contributed by atoms with van der Waals surface area (Å²) in [5.74, 6) is -1.78. The number of hydrogen-bond acceptors (Lipinski definition) is 5. The molecule has 2 aromatic carbocycles. The molecule has 27 heavy (non-hydrogen) atoms. The van der Waals surface area contributed by atoms with Crippen LogP contribution in [0.15, 0.2) is 53.3 Å². The number of carboxylic acids is 1. The number of rotatable bonds is 5. The van der Waals surface area contributed by atoms with Gasteiger partial charge < -0.3 is 15.2 Å². The van der Waals surface area contributed by atoms with E-state index in [4.69, 9.17) is 0 Å². The number of para-hydroxylation sites is 1. The highest BCUT2D eigenvalue weighted by atomic mass is 16.4. The predicted molar refractivity (Wildman–Crippen MR) is 99.5 cm³/mol. The van der Waals surface area contributed by atoms with Crippen LogP contribution in [0.2, 0.25) is 0 Å². The molecule has 0 atom stereocenters. The van der Waals surface area contributed by atoms with Gasteiger partial charge in [-0.2, -0.15) is 5.10 Å². The second-order valence-corrected chi connectivity index (χ2v) is 6.43. The second kappa shape index (κ2) is 7.41. The van der Waals surface area contributed by atoms with Crippen molar-refractivity contribution in [3.8, 4) is 0 Å². The number of aromatic nitrogens is 2. The van der Waals surface area contributed by atoms with Gasteiger partial charge in [0, 0.05) is 11.1 Å². The van der Waals surface area contributed by atoms with Crippen LogP contribution in [-0.2, 0) is 11.3 Å². The maximum absolute atomic E-state index is 12.6. The molecule has 0 aliphatic rings. The van der Waals surface area contributed by atoms with E-state index in [1.807, 2.05) is 26.0 Å². The number of amides is 1. The quantitative estimate of drug-likeness (QED) is 0.739. The fourth-order valence-electron chi connectivity index (χ4n) is 2.93. The average molecular weight is 364 g/mol. The standard InChI is InChI=1S/C20H19N3O4/c1-12(2)13-7-5-6-10-16(13)21-17(24)11-23-19(25)15-9-4-3-8-14(15)18(22-23)20(26)27/h3-10,12H,11H2,1-2H3,(H,21,24)(H,26,27)/p-1. The molecule has 138 valence electrons. The lowest BCUT2D eigenvalue weighted by Gasteiger charge is -2.15. The van der Waals surface area contributed by atoms with E-state index in [2.05, 4.69) is 10.4 Å². The second-order valence-electron chi connectivity index (χ2n) is 6.43. The molecule has 0 spiro atoms. The van der Waals surface area contributed by atoms with E-state index in [1.165, 1.54) is 12.1 Å². The summed E-state index contributed by atoms with van der Waals surface area (Å²) in [5.41, 5.74) is 0.690. The third-order valence-corrected chi connectivity index (χ3v) is 4.21. The van der Waals surface area contributed by atoms with Crippen molar-refractivity contribution in [2.75, 3.05) is 5.32 Å². The summed E-state index contributed by atoms with van der Waals surface area (Å²) < 4.78 is 0.848. The monoisotopic (exact) mass is 364 g/mol. The molecule has 1 aromatic heterocycles. The number of fused-ring (bicyclic) bond motifs is 1. The van der Waals surface area contributed by atoms with Crippen LogP contribution in [0, 0.1) is 0 Å². The molecule has 0 aliphatic carbocycles. The minimum Gasteiger partial charge on any atom is -0.543 e. The maximum Gasteiger partial charge on any atom is 0.275 e. The van der Waals surface area contributed by atoms with Gasteiger partial charge in [0.2, 0.25) is 5.91 Å². The minimum absolute atomic E-state index is 0.169. The fraction of sp³-hybridized carbons (Fsp3) is 0.200. The van der Waals surface area contributed by atoms with Crippen LogP contribution in [0.4, 0.5) is 5.69 Å². The first-order valence-electron chi connectivity index (χ1n) is 8.48. The summed E-state index contributed by atoms with van der Waals surface area (Å²) in [5, 5.41) is 18.3. The number of hydrogen-bond donors (Lipinski definition) is 1. The van der Waals surface area contributed by atoms with Crippen molar-refractivity contribution in [3.05, 3.63) is 70.1 Å². The van der Waals surface area contributed by atoms with Crippen LogP contribution in [0.25, 0.3) is 10.8 Å². The molecular formula is C20H18N3O4-. The summed E-state index contributed by atoms with van der Waals surface area (Å²) in [6, 6.07) is 13.6. The highest BCUT2D eigenvalue weighted by Gasteiger charge is 2.15. The van der Waals surface area contributed by atoms with Crippen molar-refractivity contribution in [2.45, 2.75) is 26.3 Å². The maximum atomic E-state index is 12.6. The molecular weight excluding hydrogens is 346 g/mol. The zero-order valence-electron chi connectivity index (χ0n) is 14.9. The number of nitrogens with zero attached hydrogens (tertiary/aromatic N) is 2. The van der Waals surface area contributed by atoms with Gasteiger partial charge in [-0.25, -0.2) is 4.68 Å². The molecule has 3 aromatic rings. The largest absolute Gasteiger partial charge is 0.543 e. The van der Waals surface area contributed by atoms with Gasteiger partial charge in [-0.1, -0.05) is 50.2 Å². The Morgan fingerprint density at radius 1 is 1.07 bits per heavy atom. The molecule has 0 fully saturated rings. The number of aromatic carboxylic acids is 1. The first-order valence-corrected chi connectivity index (χ1v) is 8.48. The average Bonchev–Trinajstić information content (AvgIpc) is 2.64. The number of carbonyl (C=O) groups excluding carboxylic acids is 2. The van der Waals surface area contributed by atoms with Crippen LogP contribution in [-0.4, -0.2) is 21.7 Å². The minimum atomic E-state index is -1.51. The lowest BCUT2D eigenvalue weighted by molar-refractivity contribution is -0.255. The van der Waals surface area contributed by atoms with Gasteiger partial charge in [0.15, 0.2) is 0 Å². The Morgan fingerprint density at radius 3 is 2.37 bits per heavy atom. The molecule has 0 radical (unpaired) electrons. The lowest BCUT2D eigenvalue weighted by atomic mass is 10.0. The van der Waals surface area contributed by atoms with E-state index < -0.39 is 24.0 Å². The van der Waals surface area contributed by atoms with Gasteiger partial charge in [0.25, 0.3) is 5.56 Å². The molecule has 0 bridgehead atoms. The summed E-state index contributed by atoms with van der Waals surface area (Å²) in [6.45, 7) is 3.61. The van der Waals surface area contributed by atoms with Crippen molar-refractivity contribution >= 4 is 28.3 Å². The number of carboxylic acid groups (broad SMARTS) is 1. The Labute approximate surface area is 155 Å². The molecule has 1 N–H and O–H groups in total. The van der Waals surface area contributed by atoms with Crippen LogP contribution >= 0.6 is 0 Å². The van der Waals surface area contributed by atoms with E-state index in [1.54, 1.807) is 24.3 Å². The Morgan fingerprint density at radius 2 is 1.70 bits per heavy atom. The number of nitrogens with one attached hydrogen (secondary N) is 1. The molecule has 3 rings (SSSR count). The molecule has 0 saturated carbocycles. The Kier molecular flexibility index (Phi) is 5.03. The van der Waals surface area contributed by atoms with E-state index >= 15 is 0 Å². The Hall–Kier alpha value is -3.48. The fourth-order valence-corrected chi connectivity index (χ4v) is 2.93. The number of anilines is 1. The van der Waals surface area contributed by atoms with Crippen molar-refractivity contribution < 1.29 is 14.7 Å². The number of benzene rings is 2. The first-order chi connectivity index (χ1) is 12.9. The Balaban J connectivity index is 1.95. The van der Waals surface area contributed by atoms with Crippen molar-refractivity contribution in [2.24, 2.45) is 0 Å². The van der Waals surface area contributed by atoms with Crippen LogP contribution < -0.4 is 16.0 Å². The molecule has 1 amide bonds. The van der Waals surface area contributed by atoms with E-state index in [0.717, 1.165) is 10.2 Å². The van der Waals surface area contributed by atoms with Gasteiger partial charge in [0.05, 0.1) is 11.4 Å². The molecule has 0 unspecified atom stereocenters. The van der Waals surface area contributed by atoms with Gasteiger partial charge in [-0.3, -0.25) is 9.59 Å². The zero-order valence-corrected chi connectivity index (χ0v) is 14.9. The van der Waals surface area contributed by atoms with Crippen molar-refractivity contribution in [1.82, 2.24) is 9.78 Å². The summed E-state index contributed by atoms with van der Waals surface area (Å²) in [6.07, 6.45) is 0. The molecule has 0 saturated heterocycles. The van der Waals surface area contributed by atoms with E-state index in [-0.39, 0.29) is 22.4 Å². The third-order valence-electron chi connectivity index (χ3n) is 4.21.